The third-order valence-electron chi connectivity index (χ3n) is 7.11. The minimum atomic E-state index is -0.595. The van der Waals surface area contributed by atoms with Gasteiger partial charge >= 0.3 is 24.1 Å². The van der Waals surface area contributed by atoms with E-state index >= 15 is 0 Å². The van der Waals surface area contributed by atoms with Gasteiger partial charge < -0.3 is 52.0 Å². The molecule has 14 nitrogen and oxygen atoms in total. The molecule has 0 heterocycles. The maximum atomic E-state index is 11.7. The molecule has 4 aromatic carbocycles. The number of hydrogen-bond donors (Lipinski definition) is 9. The molecule has 58 heavy (non-hydrogen) atoms. The fourth-order valence-corrected chi connectivity index (χ4v) is 5.83. The maximum Gasteiger partial charge on any atom is 0.319 e. The van der Waals surface area contributed by atoms with Crippen molar-refractivity contribution in [3.05, 3.63) is 102 Å². The molecule has 4 rings (SSSR count). The third-order valence-corrected chi connectivity index (χ3v) is 8.63. The van der Waals surface area contributed by atoms with Crippen LogP contribution in [0.5, 0.6) is 17.2 Å². The monoisotopic (exact) mass is 920 g/mol. The number of nitrogens with one attached hydrogen (secondary N) is 6. The van der Waals surface area contributed by atoms with E-state index in [0.29, 0.717) is 29.7 Å². The van der Waals surface area contributed by atoms with Gasteiger partial charge in [-0.2, -0.15) is 0 Å². The van der Waals surface area contributed by atoms with Gasteiger partial charge in [0.1, 0.15) is 0 Å². The van der Waals surface area contributed by atoms with Crippen LogP contribution >= 0.6 is 69.6 Å². The first-order valence-corrected chi connectivity index (χ1v) is 19.7. The lowest BCUT2D eigenvalue weighted by atomic mass is 10.2. The van der Waals surface area contributed by atoms with Crippen LogP contribution in [0.4, 0.5) is 31.4 Å². The second-order valence-electron chi connectivity index (χ2n) is 11.7. The largest absolute Gasteiger partial charge is 0.504 e. The van der Waals surface area contributed by atoms with Gasteiger partial charge in [0, 0.05) is 34.7 Å². The highest BCUT2D eigenvalue weighted by molar-refractivity contribution is 6.37. The lowest BCUT2D eigenvalue weighted by molar-refractivity contribution is -0.142. The molecule has 0 aliphatic carbocycles. The summed E-state index contributed by atoms with van der Waals surface area (Å²) in [5.74, 6) is -1.09. The number of esters is 1. The van der Waals surface area contributed by atoms with Crippen molar-refractivity contribution in [2.45, 2.75) is 46.1 Å². The van der Waals surface area contributed by atoms with Gasteiger partial charge in [-0.05, 0) is 55.3 Å². The zero-order valence-corrected chi connectivity index (χ0v) is 35.7. The van der Waals surface area contributed by atoms with Crippen LogP contribution in [0.3, 0.4) is 0 Å². The molecule has 0 spiro atoms. The SMILES string of the molecule is CCCCCNC(=O)Nc1cc(Cl)cc(Cl)c1O.CCOC(=O)CCNC(=O)Nc1cc(Cl)cc(Cl)c1O.O=C(NCc1ccccc1)Nc1cc(Cl)cc(Cl)c1O. The fourth-order valence-electron chi connectivity index (χ4n) is 4.35. The Balaban J connectivity index is 0.000000301. The fraction of sp³-hybridized carbons (Fsp3) is 0.263. The molecule has 9 N–H and O–H groups in total. The van der Waals surface area contributed by atoms with Crippen LogP contribution < -0.4 is 31.9 Å². The van der Waals surface area contributed by atoms with Gasteiger partial charge in [-0.1, -0.05) is 120 Å². The van der Waals surface area contributed by atoms with Crippen molar-refractivity contribution in [2.24, 2.45) is 0 Å². The normalized spacial score (nSPS) is 10.1. The highest BCUT2D eigenvalue weighted by atomic mass is 35.5. The van der Waals surface area contributed by atoms with E-state index in [1.165, 1.54) is 36.4 Å². The molecule has 20 heteroatoms. The minimum Gasteiger partial charge on any atom is -0.504 e. The van der Waals surface area contributed by atoms with Gasteiger partial charge in [0.2, 0.25) is 0 Å². The molecule has 0 bridgehead atoms. The Morgan fingerprint density at radius 1 is 0.569 bits per heavy atom. The predicted octanol–water partition coefficient (Wildman–Crippen LogP) is 10.8. The molecule has 314 valence electrons. The number of carbonyl (C=O) groups is 4. The molecular formula is C38H42Cl6N6O8. The Bertz CT molecular complexity index is 2000. The van der Waals surface area contributed by atoms with E-state index in [-0.39, 0.29) is 73.4 Å². The van der Waals surface area contributed by atoms with Crippen LogP contribution in [-0.4, -0.2) is 59.1 Å². The molecule has 0 aliphatic rings. The molecular weight excluding hydrogens is 881 g/mol. The van der Waals surface area contributed by atoms with Crippen molar-refractivity contribution in [3.63, 3.8) is 0 Å². The van der Waals surface area contributed by atoms with Gasteiger partial charge in [-0.15, -0.1) is 0 Å². The first kappa shape index (κ1) is 49.4. The van der Waals surface area contributed by atoms with E-state index in [0.717, 1.165) is 24.8 Å². The van der Waals surface area contributed by atoms with Crippen LogP contribution in [0.2, 0.25) is 30.1 Å². The Labute approximate surface area is 365 Å². The summed E-state index contributed by atoms with van der Waals surface area (Å²) in [4.78, 5) is 45.9. The number of anilines is 3. The van der Waals surface area contributed by atoms with E-state index < -0.39 is 18.0 Å². The number of unbranched alkanes of at least 4 members (excludes halogenated alkanes) is 2. The molecule has 0 saturated carbocycles. The first-order valence-electron chi connectivity index (χ1n) is 17.4. The molecule has 0 unspecified atom stereocenters. The predicted molar refractivity (Wildman–Crippen MR) is 231 cm³/mol. The lowest BCUT2D eigenvalue weighted by Crippen LogP contribution is -2.30. The topological polar surface area (TPSA) is 210 Å². The summed E-state index contributed by atoms with van der Waals surface area (Å²) in [5.41, 5.74) is 1.40. The average Bonchev–Trinajstić information content (AvgIpc) is 3.16. The van der Waals surface area contributed by atoms with Crippen molar-refractivity contribution in [3.8, 4) is 17.2 Å². The van der Waals surface area contributed by atoms with E-state index in [2.05, 4.69) is 38.8 Å². The Morgan fingerprint density at radius 2 is 0.983 bits per heavy atom. The molecule has 4 aromatic rings. The van der Waals surface area contributed by atoms with Crippen molar-refractivity contribution in [1.82, 2.24) is 16.0 Å². The number of benzene rings is 4. The number of phenolic OH excluding ortho intramolecular Hbond substituents is 3. The van der Waals surface area contributed by atoms with Gasteiger partial charge in [-0.3, -0.25) is 4.79 Å². The van der Waals surface area contributed by atoms with E-state index in [1.807, 2.05) is 30.3 Å². The summed E-state index contributed by atoms with van der Waals surface area (Å²) in [5, 5.41) is 45.3. The van der Waals surface area contributed by atoms with Gasteiger partial charge in [-0.25, -0.2) is 14.4 Å². The minimum absolute atomic E-state index is 0.0272. The number of ether oxygens (including phenoxy) is 1. The van der Waals surface area contributed by atoms with Crippen molar-refractivity contribution in [2.75, 3.05) is 35.6 Å². The molecule has 0 radical (unpaired) electrons. The second kappa shape index (κ2) is 26.3. The van der Waals surface area contributed by atoms with Gasteiger partial charge in [0.05, 0.1) is 45.2 Å². The summed E-state index contributed by atoms with van der Waals surface area (Å²) in [6.07, 6.45) is 3.14. The zero-order valence-electron chi connectivity index (χ0n) is 31.2. The molecule has 6 amide bonds. The summed E-state index contributed by atoms with van der Waals surface area (Å²) in [6, 6.07) is 16.4. The quantitative estimate of drug-likeness (QED) is 0.0357. The van der Waals surface area contributed by atoms with Crippen LogP contribution in [0.25, 0.3) is 0 Å². The first-order chi connectivity index (χ1) is 27.5. The number of carbonyl (C=O) groups excluding carboxylic acids is 4. The standard InChI is InChI=1S/C14H12Cl2N2O2.C12H14Cl2N2O4.C12H16Cl2N2O2/c15-10-6-11(16)13(19)12(7-10)18-14(20)17-8-9-4-2-1-3-5-9;1-2-20-10(17)3-4-15-12(19)16-9-6-7(13)5-8(14)11(9)18;1-2-3-4-5-15-12(18)16-10-7-8(13)6-9(14)11(10)17/h1-7,19H,8H2,(H2,17,18,20);5-6,18H,2-4H2,1H3,(H2,15,16,19);6-7,17H,2-5H2,1H3,(H2,15,16,18). The summed E-state index contributed by atoms with van der Waals surface area (Å²) in [6.45, 7) is 5.16. The lowest BCUT2D eigenvalue weighted by Gasteiger charge is -2.10. The van der Waals surface area contributed by atoms with Crippen LogP contribution in [-0.2, 0) is 16.1 Å². The van der Waals surface area contributed by atoms with E-state index in [9.17, 15) is 34.5 Å². The van der Waals surface area contributed by atoms with Gasteiger partial charge in [0.25, 0.3) is 0 Å². The number of amides is 6. The zero-order chi connectivity index (χ0) is 43.2. The molecule has 0 aliphatic heterocycles. The van der Waals surface area contributed by atoms with Crippen LogP contribution in [0.15, 0.2) is 66.7 Å². The van der Waals surface area contributed by atoms with Crippen molar-refractivity contribution >= 4 is 111 Å². The number of rotatable bonds is 13. The molecule has 0 atom stereocenters. The molecule has 0 fully saturated rings. The van der Waals surface area contributed by atoms with Crippen molar-refractivity contribution < 1.29 is 39.2 Å². The second-order valence-corrected chi connectivity index (χ2v) is 14.2. The smallest absolute Gasteiger partial charge is 0.319 e. The summed E-state index contributed by atoms with van der Waals surface area (Å²) in [7, 11) is 0. The highest BCUT2D eigenvalue weighted by Crippen LogP contribution is 2.36. The van der Waals surface area contributed by atoms with Gasteiger partial charge in [0.15, 0.2) is 17.2 Å². The Hall–Kier alpha value is -4.70. The van der Waals surface area contributed by atoms with Crippen LogP contribution in [0, 0.1) is 0 Å². The number of urea groups is 3. The summed E-state index contributed by atoms with van der Waals surface area (Å²) < 4.78 is 4.71. The van der Waals surface area contributed by atoms with E-state index in [1.54, 1.807) is 6.92 Å². The third kappa shape index (κ3) is 18.7. The maximum absolute atomic E-state index is 11.7. The Morgan fingerprint density at radius 3 is 1.40 bits per heavy atom. The number of aromatic hydroxyl groups is 3. The highest BCUT2D eigenvalue weighted by Gasteiger charge is 2.13. The molecule has 0 aromatic heterocycles. The number of phenols is 3. The molecule has 0 saturated heterocycles. The Kier molecular flexibility index (Phi) is 22.4. The van der Waals surface area contributed by atoms with Crippen molar-refractivity contribution in [1.29, 1.82) is 0 Å². The number of hydrogen-bond acceptors (Lipinski definition) is 8. The van der Waals surface area contributed by atoms with Crippen LogP contribution in [0.1, 0.15) is 45.1 Å². The van der Waals surface area contributed by atoms with E-state index in [4.69, 9.17) is 74.3 Å². The summed E-state index contributed by atoms with van der Waals surface area (Å²) >= 11 is 34.6. The average molecular weight is 924 g/mol. The number of halogens is 6.